The van der Waals surface area contributed by atoms with Gasteiger partial charge in [-0.05, 0) is 48.4 Å². The highest BCUT2D eigenvalue weighted by molar-refractivity contribution is 9.10. The molecule has 3 aromatic rings. The molecule has 1 heterocycles. The van der Waals surface area contributed by atoms with E-state index in [0.29, 0.717) is 12.1 Å². The molecule has 5 heteroatoms. The van der Waals surface area contributed by atoms with Crippen molar-refractivity contribution in [1.29, 1.82) is 0 Å². The van der Waals surface area contributed by atoms with E-state index >= 15 is 0 Å². The lowest BCUT2D eigenvalue weighted by Gasteiger charge is -2.09. The Bertz CT molecular complexity index is 878. The van der Waals surface area contributed by atoms with E-state index in [1.807, 2.05) is 67.6 Å². The summed E-state index contributed by atoms with van der Waals surface area (Å²) in [7, 11) is 0. The van der Waals surface area contributed by atoms with E-state index in [1.54, 1.807) is 6.20 Å². The summed E-state index contributed by atoms with van der Waals surface area (Å²) < 4.78 is 0.998. The van der Waals surface area contributed by atoms with Gasteiger partial charge in [0, 0.05) is 10.2 Å². The number of pyridine rings is 1. The Morgan fingerprint density at radius 2 is 1.88 bits per heavy atom. The molecule has 0 spiro atoms. The predicted molar refractivity (Wildman–Crippen MR) is 105 cm³/mol. The van der Waals surface area contributed by atoms with E-state index in [1.165, 1.54) is 0 Å². The minimum Gasteiger partial charge on any atom is -0.340 e. The monoisotopic (exact) mass is 395 g/mol. The van der Waals surface area contributed by atoms with Crippen LogP contribution in [0.3, 0.4) is 0 Å². The predicted octanol–water partition coefficient (Wildman–Crippen LogP) is 5.08. The van der Waals surface area contributed by atoms with E-state index in [-0.39, 0.29) is 5.91 Å². The maximum Gasteiger partial charge on any atom is 0.228 e. The van der Waals surface area contributed by atoms with Crippen LogP contribution < -0.4 is 10.6 Å². The van der Waals surface area contributed by atoms with Crippen LogP contribution in [0.4, 0.5) is 17.2 Å². The molecule has 0 fully saturated rings. The zero-order valence-electron chi connectivity index (χ0n) is 13.8. The molecule has 0 saturated heterocycles. The number of anilines is 3. The molecule has 0 aliphatic rings. The molecule has 0 aliphatic heterocycles. The van der Waals surface area contributed by atoms with E-state index in [0.717, 1.165) is 27.1 Å². The molecule has 1 aromatic heterocycles. The minimum absolute atomic E-state index is 0.0520. The van der Waals surface area contributed by atoms with Crippen LogP contribution in [-0.2, 0) is 11.2 Å². The maximum absolute atomic E-state index is 12.2. The summed E-state index contributed by atoms with van der Waals surface area (Å²) in [6.07, 6.45) is 2.00. The Kier molecular flexibility index (Phi) is 5.46. The molecule has 25 heavy (non-hydrogen) atoms. The highest BCUT2D eigenvalue weighted by Gasteiger charge is 2.06. The molecule has 1 amide bonds. The first-order valence-electron chi connectivity index (χ1n) is 7.93. The van der Waals surface area contributed by atoms with Gasteiger partial charge < -0.3 is 10.6 Å². The number of aryl methyl sites for hydroxylation is 1. The van der Waals surface area contributed by atoms with Crippen molar-refractivity contribution < 1.29 is 4.79 Å². The number of amides is 1. The second-order valence-electron chi connectivity index (χ2n) is 5.72. The molecule has 0 bridgehead atoms. The third-order valence-corrected chi connectivity index (χ3v) is 4.25. The Labute approximate surface area is 155 Å². The lowest BCUT2D eigenvalue weighted by Crippen LogP contribution is -2.15. The summed E-state index contributed by atoms with van der Waals surface area (Å²) >= 11 is 3.44. The number of hydrogen-bond donors (Lipinski definition) is 2. The topological polar surface area (TPSA) is 54.0 Å². The fourth-order valence-corrected chi connectivity index (χ4v) is 2.84. The standard InChI is InChI=1S/C20H18BrN3O/c1-14-5-2-3-6-15(14)11-20(25)24-18-9-10-19(22-13-18)23-17-8-4-7-16(21)12-17/h2-10,12-13H,11H2,1H3,(H,22,23)(H,24,25). The largest absolute Gasteiger partial charge is 0.340 e. The van der Waals surface area contributed by atoms with Crippen LogP contribution in [0.5, 0.6) is 0 Å². The molecule has 3 rings (SSSR count). The summed E-state index contributed by atoms with van der Waals surface area (Å²) in [6.45, 7) is 2.01. The van der Waals surface area contributed by atoms with E-state index in [4.69, 9.17) is 0 Å². The first kappa shape index (κ1) is 17.2. The van der Waals surface area contributed by atoms with Crippen molar-refractivity contribution in [3.8, 4) is 0 Å². The van der Waals surface area contributed by atoms with Crippen molar-refractivity contribution in [2.45, 2.75) is 13.3 Å². The van der Waals surface area contributed by atoms with E-state index in [9.17, 15) is 4.79 Å². The highest BCUT2D eigenvalue weighted by Crippen LogP contribution is 2.20. The van der Waals surface area contributed by atoms with Crippen LogP contribution in [0.1, 0.15) is 11.1 Å². The molecule has 126 valence electrons. The average Bonchev–Trinajstić information content (AvgIpc) is 2.59. The van der Waals surface area contributed by atoms with Gasteiger partial charge in [-0.15, -0.1) is 0 Å². The summed E-state index contributed by atoms with van der Waals surface area (Å²) in [5.41, 5.74) is 3.77. The van der Waals surface area contributed by atoms with Gasteiger partial charge in [0.15, 0.2) is 0 Å². The summed E-state index contributed by atoms with van der Waals surface area (Å²) in [6, 6.07) is 19.4. The second-order valence-corrected chi connectivity index (χ2v) is 6.63. The molecule has 4 nitrogen and oxygen atoms in total. The smallest absolute Gasteiger partial charge is 0.228 e. The van der Waals surface area contributed by atoms with Crippen molar-refractivity contribution in [1.82, 2.24) is 4.98 Å². The molecule has 0 aliphatic carbocycles. The van der Waals surface area contributed by atoms with Crippen LogP contribution in [-0.4, -0.2) is 10.9 Å². The SMILES string of the molecule is Cc1ccccc1CC(=O)Nc1ccc(Nc2cccc(Br)c2)nc1. The van der Waals surface area contributed by atoms with Crippen molar-refractivity contribution in [3.05, 3.63) is 82.5 Å². The van der Waals surface area contributed by atoms with Gasteiger partial charge in [0.2, 0.25) is 5.91 Å². The van der Waals surface area contributed by atoms with Crippen molar-refractivity contribution in [2.75, 3.05) is 10.6 Å². The van der Waals surface area contributed by atoms with E-state index < -0.39 is 0 Å². The number of halogens is 1. The van der Waals surface area contributed by atoms with Crippen molar-refractivity contribution in [2.24, 2.45) is 0 Å². The number of nitrogens with one attached hydrogen (secondary N) is 2. The van der Waals surface area contributed by atoms with Gasteiger partial charge >= 0.3 is 0 Å². The van der Waals surface area contributed by atoms with Crippen LogP contribution >= 0.6 is 15.9 Å². The molecule has 0 saturated carbocycles. The number of aromatic nitrogens is 1. The van der Waals surface area contributed by atoms with Crippen LogP contribution in [0.25, 0.3) is 0 Å². The Balaban J connectivity index is 1.60. The number of carbonyl (C=O) groups excluding carboxylic acids is 1. The maximum atomic E-state index is 12.2. The minimum atomic E-state index is -0.0520. The average molecular weight is 396 g/mol. The molecule has 0 unspecified atom stereocenters. The lowest BCUT2D eigenvalue weighted by atomic mass is 10.1. The highest BCUT2D eigenvalue weighted by atomic mass is 79.9. The molecular weight excluding hydrogens is 378 g/mol. The molecular formula is C20H18BrN3O. The zero-order valence-corrected chi connectivity index (χ0v) is 15.4. The third-order valence-electron chi connectivity index (χ3n) is 3.76. The quantitative estimate of drug-likeness (QED) is 0.633. The van der Waals surface area contributed by atoms with E-state index in [2.05, 4.69) is 31.5 Å². The van der Waals surface area contributed by atoms with Crippen LogP contribution in [0.2, 0.25) is 0 Å². The number of hydrogen-bond acceptors (Lipinski definition) is 3. The van der Waals surface area contributed by atoms with Gasteiger partial charge in [0.1, 0.15) is 5.82 Å². The number of carbonyl (C=O) groups is 1. The van der Waals surface area contributed by atoms with Gasteiger partial charge in [0.25, 0.3) is 0 Å². The van der Waals surface area contributed by atoms with Crippen LogP contribution in [0, 0.1) is 6.92 Å². The summed E-state index contributed by atoms with van der Waals surface area (Å²) in [4.78, 5) is 16.5. The van der Waals surface area contributed by atoms with Crippen molar-refractivity contribution in [3.63, 3.8) is 0 Å². The molecule has 0 atom stereocenters. The Morgan fingerprint density at radius 1 is 1.04 bits per heavy atom. The fraction of sp³-hybridized carbons (Fsp3) is 0.100. The van der Waals surface area contributed by atoms with Crippen LogP contribution in [0.15, 0.2) is 71.3 Å². The number of rotatable bonds is 5. The first-order valence-corrected chi connectivity index (χ1v) is 8.72. The zero-order chi connectivity index (χ0) is 17.6. The lowest BCUT2D eigenvalue weighted by molar-refractivity contribution is -0.115. The fourth-order valence-electron chi connectivity index (χ4n) is 2.44. The number of benzene rings is 2. The van der Waals surface area contributed by atoms with Gasteiger partial charge in [-0.25, -0.2) is 4.98 Å². The molecule has 2 aromatic carbocycles. The summed E-state index contributed by atoms with van der Waals surface area (Å²) in [5, 5.41) is 6.10. The molecule has 2 N–H and O–H groups in total. The third kappa shape index (κ3) is 4.90. The Hall–Kier alpha value is -2.66. The van der Waals surface area contributed by atoms with Gasteiger partial charge in [-0.3, -0.25) is 4.79 Å². The first-order chi connectivity index (χ1) is 12.1. The van der Waals surface area contributed by atoms with Gasteiger partial charge in [-0.1, -0.05) is 46.3 Å². The van der Waals surface area contributed by atoms with Crippen molar-refractivity contribution >= 4 is 39.0 Å². The normalized spacial score (nSPS) is 10.3. The summed E-state index contributed by atoms with van der Waals surface area (Å²) in [5.74, 6) is 0.666. The molecule has 0 radical (unpaired) electrons. The van der Waals surface area contributed by atoms with Gasteiger partial charge in [0.05, 0.1) is 18.3 Å². The Morgan fingerprint density at radius 3 is 2.60 bits per heavy atom. The van der Waals surface area contributed by atoms with Gasteiger partial charge in [-0.2, -0.15) is 0 Å². The number of nitrogens with zero attached hydrogens (tertiary/aromatic N) is 1. The second kappa shape index (κ2) is 7.94.